The number of para-hydroxylation sites is 1. The molecule has 4 aromatic carbocycles. The zero-order valence-electron chi connectivity index (χ0n) is 27.0. The minimum Gasteiger partial charge on any atom is -0.494 e. The third-order valence-corrected chi connectivity index (χ3v) is 9.45. The number of aromatic nitrogens is 2. The van der Waals surface area contributed by atoms with E-state index in [1.807, 2.05) is 122 Å². The van der Waals surface area contributed by atoms with E-state index in [0.717, 1.165) is 33.2 Å². The normalized spacial score (nSPS) is 14.3. The Balaban J connectivity index is 1.44. The van der Waals surface area contributed by atoms with Gasteiger partial charge in [0.25, 0.3) is 5.56 Å². The average molecular weight is 665 g/mol. The molecule has 0 amide bonds. The first kappa shape index (κ1) is 31.6. The molecule has 0 bridgehead atoms. The van der Waals surface area contributed by atoms with E-state index in [1.165, 1.54) is 11.3 Å². The molecular formula is C40H32N4O4S. The molecular weight excluding hydrogens is 633 g/mol. The second kappa shape index (κ2) is 13.6. The van der Waals surface area contributed by atoms with Crippen molar-refractivity contribution in [1.29, 1.82) is 5.26 Å². The number of hydrogen-bond acceptors (Lipinski definition) is 7. The van der Waals surface area contributed by atoms with Crippen molar-refractivity contribution in [2.45, 2.75) is 26.4 Å². The summed E-state index contributed by atoms with van der Waals surface area (Å²) in [6, 6.07) is 34.0. The molecule has 1 atom stereocenters. The van der Waals surface area contributed by atoms with E-state index in [4.69, 9.17) is 14.5 Å². The topological polar surface area (TPSA) is 98.6 Å². The third kappa shape index (κ3) is 5.99. The summed E-state index contributed by atoms with van der Waals surface area (Å²) in [5.74, 6) is 0.163. The number of nitriles is 1. The number of ether oxygens (including phenoxy) is 2. The van der Waals surface area contributed by atoms with Gasteiger partial charge in [0.2, 0.25) is 0 Å². The zero-order valence-corrected chi connectivity index (χ0v) is 27.8. The van der Waals surface area contributed by atoms with Gasteiger partial charge in [-0.3, -0.25) is 9.36 Å². The molecule has 0 fully saturated rings. The molecule has 1 aliphatic rings. The summed E-state index contributed by atoms with van der Waals surface area (Å²) in [7, 11) is 0. The van der Waals surface area contributed by atoms with Crippen LogP contribution in [0.4, 0.5) is 0 Å². The van der Waals surface area contributed by atoms with Crippen molar-refractivity contribution >= 4 is 40.0 Å². The van der Waals surface area contributed by atoms with Gasteiger partial charge in [-0.15, -0.1) is 0 Å². The van der Waals surface area contributed by atoms with Crippen molar-refractivity contribution in [3.05, 3.63) is 162 Å². The summed E-state index contributed by atoms with van der Waals surface area (Å²) in [5, 5.41) is 10.7. The number of carbonyl (C=O) groups excluding carboxylic acids is 1. The number of esters is 1. The molecule has 3 heterocycles. The van der Waals surface area contributed by atoms with Gasteiger partial charge in [-0.05, 0) is 55.3 Å². The van der Waals surface area contributed by atoms with E-state index in [1.54, 1.807) is 11.5 Å². The number of nitrogens with zero attached hydrogens (tertiary/aromatic N) is 4. The third-order valence-electron chi connectivity index (χ3n) is 8.47. The van der Waals surface area contributed by atoms with Crippen molar-refractivity contribution in [3.8, 4) is 11.8 Å². The van der Waals surface area contributed by atoms with Crippen molar-refractivity contribution in [1.82, 2.24) is 9.13 Å². The maximum atomic E-state index is 14.5. The van der Waals surface area contributed by atoms with Gasteiger partial charge >= 0.3 is 5.97 Å². The second-order valence-corrected chi connectivity index (χ2v) is 12.4. The highest BCUT2D eigenvalue weighted by Crippen LogP contribution is 2.36. The van der Waals surface area contributed by atoms with Crippen molar-refractivity contribution < 1.29 is 14.3 Å². The quantitative estimate of drug-likeness (QED) is 0.171. The van der Waals surface area contributed by atoms with Crippen molar-refractivity contribution in [2.75, 3.05) is 13.2 Å². The highest BCUT2D eigenvalue weighted by atomic mass is 32.1. The fourth-order valence-electron chi connectivity index (χ4n) is 6.28. The fourth-order valence-corrected chi connectivity index (χ4v) is 7.27. The van der Waals surface area contributed by atoms with E-state index < -0.39 is 12.0 Å². The van der Waals surface area contributed by atoms with Crippen LogP contribution in [-0.4, -0.2) is 28.3 Å². The minimum atomic E-state index is -0.785. The molecule has 0 unspecified atom stereocenters. The molecule has 6 aromatic rings. The first-order chi connectivity index (χ1) is 24.0. The number of fused-ring (bicyclic) bond motifs is 2. The van der Waals surface area contributed by atoms with Gasteiger partial charge in [-0.1, -0.05) is 90.2 Å². The van der Waals surface area contributed by atoms with Crippen LogP contribution in [0.3, 0.4) is 0 Å². The molecule has 242 valence electrons. The van der Waals surface area contributed by atoms with Crippen LogP contribution in [0, 0.1) is 11.3 Å². The molecule has 0 N–H and O–H groups in total. The molecule has 49 heavy (non-hydrogen) atoms. The standard InChI is InChI=1S/C40H32N4O4S/c1-3-47-31-20-18-27(19-21-31)37-35(39(46)48-4-2)36(26-12-6-5-7-13-26)42-40-44(37)38(45)34(49-40)22-30-25-43(33-17-11-10-16-32(30)33)24-29-15-9-8-14-28(29)23-41/h5-22,25,37H,3-4,24H2,1-2H3/b34-22+/t37-/m1/s1. The van der Waals surface area contributed by atoms with Crippen LogP contribution in [0.15, 0.2) is 125 Å². The van der Waals surface area contributed by atoms with Crippen molar-refractivity contribution in [3.63, 3.8) is 0 Å². The fraction of sp³-hybridized carbons (Fsp3) is 0.150. The molecule has 0 spiro atoms. The van der Waals surface area contributed by atoms with Crippen LogP contribution in [0.1, 0.15) is 47.7 Å². The lowest BCUT2D eigenvalue weighted by Gasteiger charge is -2.26. The Morgan fingerprint density at radius 2 is 1.67 bits per heavy atom. The van der Waals surface area contributed by atoms with Gasteiger partial charge in [-0.25, -0.2) is 9.79 Å². The summed E-state index contributed by atoms with van der Waals surface area (Å²) < 4.78 is 15.5. The van der Waals surface area contributed by atoms with Crippen LogP contribution in [-0.2, 0) is 16.1 Å². The average Bonchev–Trinajstić information content (AvgIpc) is 3.64. The molecule has 1 aliphatic heterocycles. The lowest BCUT2D eigenvalue weighted by molar-refractivity contribution is -0.138. The first-order valence-corrected chi connectivity index (χ1v) is 16.9. The van der Waals surface area contributed by atoms with E-state index in [0.29, 0.717) is 45.1 Å². The maximum Gasteiger partial charge on any atom is 0.338 e. The Morgan fingerprint density at radius 1 is 0.939 bits per heavy atom. The highest BCUT2D eigenvalue weighted by Gasteiger charge is 2.35. The van der Waals surface area contributed by atoms with Gasteiger partial charge in [0.05, 0.1) is 46.7 Å². The van der Waals surface area contributed by atoms with Gasteiger partial charge in [0.1, 0.15) is 5.75 Å². The van der Waals surface area contributed by atoms with Gasteiger partial charge in [0, 0.05) is 34.8 Å². The zero-order chi connectivity index (χ0) is 33.9. The Kier molecular flexibility index (Phi) is 8.79. The lowest BCUT2D eigenvalue weighted by Crippen LogP contribution is -2.40. The highest BCUT2D eigenvalue weighted by molar-refractivity contribution is 7.07. The number of benzene rings is 4. The van der Waals surface area contributed by atoms with Crippen LogP contribution >= 0.6 is 11.3 Å². The molecule has 0 saturated carbocycles. The molecule has 0 aliphatic carbocycles. The molecule has 0 radical (unpaired) electrons. The largest absolute Gasteiger partial charge is 0.494 e. The van der Waals surface area contributed by atoms with Crippen molar-refractivity contribution in [2.24, 2.45) is 4.99 Å². The monoisotopic (exact) mass is 664 g/mol. The smallest absolute Gasteiger partial charge is 0.338 e. The molecule has 7 rings (SSSR count). The van der Waals surface area contributed by atoms with Gasteiger partial charge in [0.15, 0.2) is 4.80 Å². The summed E-state index contributed by atoms with van der Waals surface area (Å²) in [6.45, 7) is 4.87. The predicted octanol–water partition coefficient (Wildman–Crippen LogP) is 6.21. The van der Waals surface area contributed by atoms with Gasteiger partial charge < -0.3 is 14.0 Å². The van der Waals surface area contributed by atoms with E-state index >= 15 is 0 Å². The Labute approximate surface area is 286 Å². The summed E-state index contributed by atoms with van der Waals surface area (Å²) in [5.41, 5.74) is 5.36. The summed E-state index contributed by atoms with van der Waals surface area (Å²) >= 11 is 1.28. The summed E-state index contributed by atoms with van der Waals surface area (Å²) in [6.07, 6.45) is 3.91. The van der Waals surface area contributed by atoms with E-state index in [-0.39, 0.29) is 12.2 Å². The molecule has 8 nitrogen and oxygen atoms in total. The Hall–Kier alpha value is -5.98. The lowest BCUT2D eigenvalue weighted by atomic mass is 9.93. The first-order valence-electron chi connectivity index (χ1n) is 16.1. The molecule has 0 saturated heterocycles. The Bertz CT molecular complexity index is 2450. The van der Waals surface area contributed by atoms with Crippen LogP contribution in [0.25, 0.3) is 22.7 Å². The SMILES string of the molecule is CCOC(=O)C1=C(c2ccccc2)N=c2s/c(=C/c3cn(Cc4ccccc4C#N)c4ccccc34)c(=O)n2[C@@H]1c1ccc(OCC)cc1. The molecule has 2 aromatic heterocycles. The number of thiazole rings is 1. The summed E-state index contributed by atoms with van der Waals surface area (Å²) in [4.78, 5) is 33.7. The van der Waals surface area contributed by atoms with Gasteiger partial charge in [-0.2, -0.15) is 5.26 Å². The predicted molar refractivity (Wildman–Crippen MR) is 191 cm³/mol. The minimum absolute atomic E-state index is 0.174. The number of carbonyl (C=O) groups is 1. The molecule has 9 heteroatoms. The maximum absolute atomic E-state index is 14.5. The number of rotatable bonds is 9. The van der Waals surface area contributed by atoms with Crippen LogP contribution in [0.2, 0.25) is 0 Å². The van der Waals surface area contributed by atoms with E-state index in [9.17, 15) is 14.9 Å². The Morgan fingerprint density at radius 3 is 2.43 bits per heavy atom. The number of hydrogen-bond donors (Lipinski definition) is 0. The van der Waals surface area contributed by atoms with Crippen LogP contribution in [0.5, 0.6) is 5.75 Å². The second-order valence-electron chi connectivity index (χ2n) is 11.4. The van der Waals surface area contributed by atoms with Crippen LogP contribution < -0.4 is 19.6 Å². The van der Waals surface area contributed by atoms with E-state index in [2.05, 4.69) is 10.6 Å².